The molecule has 0 saturated heterocycles. The van der Waals surface area contributed by atoms with E-state index in [1.54, 1.807) is 12.1 Å². The summed E-state index contributed by atoms with van der Waals surface area (Å²) in [5.74, 6) is 5.34. The Balaban J connectivity index is 2.71. The highest BCUT2D eigenvalue weighted by atomic mass is 19.4. The smallest absolute Gasteiger partial charge is 0.323 e. The Morgan fingerprint density at radius 3 is 2.25 bits per heavy atom. The van der Waals surface area contributed by atoms with Crippen LogP contribution in [-0.4, -0.2) is 4.98 Å². The van der Waals surface area contributed by atoms with Crippen LogP contribution in [0.2, 0.25) is 0 Å². The van der Waals surface area contributed by atoms with E-state index >= 15 is 0 Å². The molecule has 2 rings (SSSR count). The molecule has 1 heterocycles. The number of alkyl halides is 3. The van der Waals surface area contributed by atoms with Crippen molar-refractivity contribution in [3.8, 4) is 0 Å². The van der Waals surface area contributed by atoms with Crippen LogP contribution in [0, 0.1) is 0 Å². The molecule has 108 valence electrons. The topological polar surface area (TPSA) is 50.9 Å². The first-order valence-corrected chi connectivity index (χ1v) is 6.12. The van der Waals surface area contributed by atoms with Gasteiger partial charge in [-0.3, -0.25) is 5.84 Å². The number of aromatic nitrogens is 1. The number of nitrogens with one attached hydrogen (secondary N) is 1. The maximum Gasteiger partial charge on any atom is 0.433 e. The molecule has 0 amide bonds. The summed E-state index contributed by atoms with van der Waals surface area (Å²) in [5.41, 5.74) is 2.74. The Morgan fingerprint density at radius 2 is 1.75 bits per heavy atom. The number of benzene rings is 1. The van der Waals surface area contributed by atoms with E-state index in [4.69, 9.17) is 5.84 Å². The second-order valence-electron chi connectivity index (χ2n) is 5.68. The first kappa shape index (κ1) is 14.6. The number of nitrogen functional groups attached to an aromatic ring is 1. The van der Waals surface area contributed by atoms with Gasteiger partial charge in [0.25, 0.3) is 0 Å². The molecule has 20 heavy (non-hydrogen) atoms. The number of hydrogen-bond acceptors (Lipinski definition) is 3. The van der Waals surface area contributed by atoms with Crippen LogP contribution in [-0.2, 0) is 11.6 Å². The van der Waals surface area contributed by atoms with Crippen LogP contribution in [0.5, 0.6) is 0 Å². The number of pyridine rings is 1. The number of anilines is 1. The normalized spacial score (nSPS) is 12.8. The van der Waals surface area contributed by atoms with Crippen molar-refractivity contribution in [2.24, 2.45) is 5.84 Å². The van der Waals surface area contributed by atoms with Gasteiger partial charge in [-0.1, -0.05) is 26.8 Å². The van der Waals surface area contributed by atoms with Gasteiger partial charge in [-0.15, -0.1) is 0 Å². The lowest BCUT2D eigenvalue weighted by atomic mass is 9.86. The number of nitrogens with zero attached hydrogens (tertiary/aromatic N) is 1. The summed E-state index contributed by atoms with van der Waals surface area (Å²) >= 11 is 0. The van der Waals surface area contributed by atoms with Crippen LogP contribution >= 0.6 is 0 Å². The monoisotopic (exact) mass is 283 g/mol. The summed E-state index contributed by atoms with van der Waals surface area (Å²) in [4.78, 5) is 3.66. The molecule has 0 bridgehead atoms. The SMILES string of the molecule is CC(C)(C)c1ccc2nc(C(F)(F)F)cc(NN)c2c1. The molecule has 3 N–H and O–H groups in total. The molecule has 2 aromatic rings. The highest BCUT2D eigenvalue weighted by Crippen LogP contribution is 2.34. The molecule has 1 aromatic carbocycles. The summed E-state index contributed by atoms with van der Waals surface area (Å²) in [5, 5.41) is 0.577. The van der Waals surface area contributed by atoms with Gasteiger partial charge in [0, 0.05) is 5.39 Å². The minimum atomic E-state index is -4.50. The van der Waals surface area contributed by atoms with Gasteiger partial charge in [0.05, 0.1) is 11.2 Å². The molecule has 0 aliphatic heterocycles. The first-order valence-electron chi connectivity index (χ1n) is 6.12. The molecule has 0 spiro atoms. The van der Waals surface area contributed by atoms with Crippen molar-refractivity contribution in [1.29, 1.82) is 0 Å². The zero-order valence-corrected chi connectivity index (χ0v) is 11.5. The molecule has 1 aromatic heterocycles. The molecule has 0 atom stereocenters. The van der Waals surface area contributed by atoms with E-state index in [1.165, 1.54) is 0 Å². The fourth-order valence-electron chi connectivity index (χ4n) is 1.96. The molecular weight excluding hydrogens is 267 g/mol. The van der Waals surface area contributed by atoms with Gasteiger partial charge >= 0.3 is 6.18 Å². The lowest BCUT2D eigenvalue weighted by Crippen LogP contribution is -2.14. The lowest BCUT2D eigenvalue weighted by Gasteiger charge is -2.20. The molecule has 0 aliphatic carbocycles. The Bertz CT molecular complexity index is 642. The number of fused-ring (bicyclic) bond motifs is 1. The summed E-state index contributed by atoms with van der Waals surface area (Å²) in [6.07, 6.45) is -4.50. The van der Waals surface area contributed by atoms with Crippen LogP contribution in [0.25, 0.3) is 10.9 Å². The van der Waals surface area contributed by atoms with Crippen LogP contribution in [0.15, 0.2) is 24.3 Å². The third-order valence-corrected chi connectivity index (χ3v) is 3.12. The van der Waals surface area contributed by atoms with Gasteiger partial charge in [-0.05, 0) is 29.2 Å². The predicted octanol–water partition coefficient (Wildman–Crippen LogP) is 3.84. The van der Waals surface area contributed by atoms with E-state index in [-0.39, 0.29) is 16.6 Å². The second kappa shape index (κ2) is 4.63. The molecule has 0 saturated carbocycles. The van der Waals surface area contributed by atoms with Gasteiger partial charge in [0.2, 0.25) is 0 Å². The van der Waals surface area contributed by atoms with Crippen molar-refractivity contribution < 1.29 is 13.2 Å². The Kier molecular flexibility index (Phi) is 3.37. The Hall–Kier alpha value is -1.82. The van der Waals surface area contributed by atoms with Crippen LogP contribution in [0.3, 0.4) is 0 Å². The summed E-state index contributed by atoms with van der Waals surface area (Å²) < 4.78 is 38.3. The van der Waals surface area contributed by atoms with E-state index in [0.717, 1.165) is 11.6 Å². The average Bonchev–Trinajstić information content (AvgIpc) is 2.34. The van der Waals surface area contributed by atoms with Gasteiger partial charge in [-0.2, -0.15) is 13.2 Å². The van der Waals surface area contributed by atoms with Crippen molar-refractivity contribution in [1.82, 2.24) is 4.98 Å². The lowest BCUT2D eigenvalue weighted by molar-refractivity contribution is -0.140. The van der Waals surface area contributed by atoms with Crippen molar-refractivity contribution in [2.75, 3.05) is 5.43 Å². The minimum absolute atomic E-state index is 0.108. The van der Waals surface area contributed by atoms with Crippen molar-refractivity contribution in [3.63, 3.8) is 0 Å². The number of nitrogens with two attached hydrogens (primary N) is 1. The quantitative estimate of drug-likeness (QED) is 0.617. The molecular formula is C14H16F3N3. The van der Waals surface area contributed by atoms with Crippen LogP contribution in [0.4, 0.5) is 18.9 Å². The summed E-state index contributed by atoms with van der Waals surface area (Å²) in [6, 6.07) is 6.12. The van der Waals surface area contributed by atoms with Gasteiger partial charge < -0.3 is 5.43 Å². The van der Waals surface area contributed by atoms with Crippen molar-refractivity contribution in [2.45, 2.75) is 32.4 Å². The average molecular weight is 283 g/mol. The number of rotatable bonds is 1. The molecule has 6 heteroatoms. The van der Waals surface area contributed by atoms with Gasteiger partial charge in [-0.25, -0.2) is 4.98 Å². The fourth-order valence-corrected chi connectivity index (χ4v) is 1.96. The van der Waals surface area contributed by atoms with Crippen molar-refractivity contribution >= 4 is 16.6 Å². The summed E-state index contributed by atoms with van der Waals surface area (Å²) in [6.45, 7) is 6.09. The molecule has 0 unspecified atom stereocenters. The van der Waals surface area contributed by atoms with Gasteiger partial charge in [0.15, 0.2) is 0 Å². The van der Waals surface area contributed by atoms with Crippen molar-refractivity contribution in [3.05, 3.63) is 35.5 Å². The Labute approximate surface area is 115 Å². The summed E-state index contributed by atoms with van der Waals surface area (Å²) in [7, 11) is 0. The van der Waals surface area contributed by atoms with E-state index in [2.05, 4.69) is 10.4 Å². The molecule has 0 fully saturated rings. The standard InChI is InChI=1S/C14H16F3N3/c1-13(2,3)8-4-5-10-9(6-8)11(20-18)7-12(19-10)14(15,16)17/h4-7H,18H2,1-3H3,(H,19,20). The third-order valence-electron chi connectivity index (χ3n) is 3.12. The highest BCUT2D eigenvalue weighted by molar-refractivity contribution is 5.92. The maximum absolute atomic E-state index is 12.8. The second-order valence-corrected chi connectivity index (χ2v) is 5.68. The largest absolute Gasteiger partial charge is 0.433 e. The molecule has 0 aliphatic rings. The zero-order valence-electron chi connectivity index (χ0n) is 11.5. The molecule has 3 nitrogen and oxygen atoms in total. The number of halogens is 3. The van der Waals surface area contributed by atoms with E-state index < -0.39 is 11.9 Å². The predicted molar refractivity (Wildman–Crippen MR) is 73.3 cm³/mol. The highest BCUT2D eigenvalue weighted by Gasteiger charge is 2.33. The number of hydrazine groups is 1. The molecule has 0 radical (unpaired) electrons. The maximum atomic E-state index is 12.8. The zero-order chi connectivity index (χ0) is 15.1. The third kappa shape index (κ3) is 2.70. The Morgan fingerprint density at radius 1 is 1.10 bits per heavy atom. The van der Waals surface area contributed by atoms with Gasteiger partial charge in [0.1, 0.15) is 5.69 Å². The van der Waals surface area contributed by atoms with Crippen LogP contribution in [0.1, 0.15) is 32.0 Å². The fraction of sp³-hybridized carbons (Fsp3) is 0.357. The van der Waals surface area contributed by atoms with Crippen LogP contribution < -0.4 is 11.3 Å². The minimum Gasteiger partial charge on any atom is -0.323 e. The van der Waals surface area contributed by atoms with E-state index in [1.807, 2.05) is 26.8 Å². The van der Waals surface area contributed by atoms with E-state index in [9.17, 15) is 13.2 Å². The number of hydrogen-bond donors (Lipinski definition) is 2. The van der Waals surface area contributed by atoms with E-state index in [0.29, 0.717) is 5.39 Å². The first-order chi connectivity index (χ1) is 9.13.